The van der Waals surface area contributed by atoms with E-state index < -0.39 is 0 Å². The molecular weight excluding hydrogens is 216 g/mol. The van der Waals surface area contributed by atoms with Crippen molar-refractivity contribution in [2.75, 3.05) is 0 Å². The van der Waals surface area contributed by atoms with E-state index in [1.54, 1.807) is 6.20 Å². The van der Waals surface area contributed by atoms with Crippen LogP contribution in [0.3, 0.4) is 0 Å². The maximum Gasteiger partial charge on any atom is 0.256 e. The minimum absolute atomic E-state index is 0.238. The number of nitriles is 1. The number of para-hydroxylation sites is 1. The first kappa shape index (κ1) is 9.42. The molecule has 0 atom stereocenters. The van der Waals surface area contributed by atoms with Crippen LogP contribution in [0.25, 0.3) is 17.0 Å². The van der Waals surface area contributed by atoms with E-state index in [4.69, 9.17) is 5.26 Å². The van der Waals surface area contributed by atoms with Crippen molar-refractivity contribution in [3.05, 3.63) is 42.5 Å². The molecule has 2 aromatic heterocycles. The van der Waals surface area contributed by atoms with Gasteiger partial charge in [0.05, 0.1) is 5.52 Å². The second-order valence-corrected chi connectivity index (χ2v) is 3.33. The molecule has 0 spiro atoms. The number of rotatable bonds is 1. The average Bonchev–Trinajstić information content (AvgIpc) is 2.86. The molecule has 3 aromatic rings. The van der Waals surface area contributed by atoms with Crippen molar-refractivity contribution in [2.24, 2.45) is 0 Å². The van der Waals surface area contributed by atoms with Crippen LogP contribution in [0, 0.1) is 11.3 Å². The quantitative estimate of drug-likeness (QED) is 0.615. The van der Waals surface area contributed by atoms with Gasteiger partial charge >= 0.3 is 0 Å². The van der Waals surface area contributed by atoms with Gasteiger partial charge < -0.3 is 0 Å². The molecule has 1 aromatic carbocycles. The van der Waals surface area contributed by atoms with Gasteiger partial charge in [0.2, 0.25) is 5.82 Å². The van der Waals surface area contributed by atoms with Crippen molar-refractivity contribution >= 4 is 11.0 Å². The summed E-state index contributed by atoms with van der Waals surface area (Å²) < 4.78 is 1.50. The molecule has 80 valence electrons. The molecule has 6 nitrogen and oxygen atoms in total. The molecule has 0 amide bonds. The number of imidazole rings is 1. The molecule has 0 aliphatic rings. The second kappa shape index (κ2) is 3.64. The van der Waals surface area contributed by atoms with Gasteiger partial charge in [0.15, 0.2) is 0 Å². The number of benzene rings is 1. The van der Waals surface area contributed by atoms with Gasteiger partial charge in [-0.05, 0) is 12.1 Å². The van der Waals surface area contributed by atoms with E-state index in [9.17, 15) is 0 Å². The topological polar surface area (TPSA) is 80.3 Å². The van der Waals surface area contributed by atoms with E-state index in [0.29, 0.717) is 5.95 Å². The molecule has 2 heterocycles. The van der Waals surface area contributed by atoms with Crippen LogP contribution in [0.1, 0.15) is 5.82 Å². The number of hydrogen-bond donors (Lipinski definition) is 0. The molecular formula is C11H6N6. The first-order valence-electron chi connectivity index (χ1n) is 4.92. The maximum absolute atomic E-state index is 8.87. The van der Waals surface area contributed by atoms with Crippen LogP contribution in [0.4, 0.5) is 0 Å². The fraction of sp³-hybridized carbons (Fsp3) is 0. The van der Waals surface area contributed by atoms with E-state index in [-0.39, 0.29) is 5.82 Å². The van der Waals surface area contributed by atoms with E-state index in [0.717, 1.165) is 11.0 Å². The number of fused-ring (bicyclic) bond motifs is 1. The van der Waals surface area contributed by atoms with Gasteiger partial charge in [0, 0.05) is 12.4 Å². The highest BCUT2D eigenvalue weighted by Crippen LogP contribution is 2.10. The Morgan fingerprint density at radius 1 is 1.12 bits per heavy atom. The van der Waals surface area contributed by atoms with Crippen LogP contribution in [0.15, 0.2) is 36.7 Å². The Kier molecular flexibility index (Phi) is 2.02. The SMILES string of the molecule is N#Cc1nccn1-c1nnc2ccccc2n1. The minimum Gasteiger partial charge on any atom is -0.258 e. The van der Waals surface area contributed by atoms with E-state index in [1.165, 1.54) is 10.8 Å². The molecule has 0 unspecified atom stereocenters. The molecule has 6 heteroatoms. The highest BCUT2D eigenvalue weighted by atomic mass is 15.3. The summed E-state index contributed by atoms with van der Waals surface area (Å²) in [5, 5.41) is 16.9. The molecule has 0 aliphatic carbocycles. The fourth-order valence-electron chi connectivity index (χ4n) is 1.52. The third-order valence-corrected chi connectivity index (χ3v) is 2.31. The lowest BCUT2D eigenvalue weighted by Gasteiger charge is -2.01. The van der Waals surface area contributed by atoms with Crippen molar-refractivity contribution in [1.82, 2.24) is 24.7 Å². The van der Waals surface area contributed by atoms with Crippen molar-refractivity contribution in [1.29, 1.82) is 5.26 Å². The summed E-state index contributed by atoms with van der Waals surface area (Å²) in [5.74, 6) is 0.583. The Morgan fingerprint density at radius 3 is 2.76 bits per heavy atom. The Bertz CT molecular complexity index is 724. The lowest BCUT2D eigenvalue weighted by Crippen LogP contribution is -2.04. The summed E-state index contributed by atoms with van der Waals surface area (Å²) in [4.78, 5) is 8.21. The fourth-order valence-corrected chi connectivity index (χ4v) is 1.52. The lowest BCUT2D eigenvalue weighted by atomic mass is 10.3. The van der Waals surface area contributed by atoms with E-state index in [2.05, 4.69) is 20.2 Å². The Hall–Kier alpha value is -2.81. The average molecular weight is 222 g/mol. The van der Waals surface area contributed by atoms with Gasteiger partial charge in [0.25, 0.3) is 5.95 Å². The third kappa shape index (κ3) is 1.50. The van der Waals surface area contributed by atoms with Gasteiger partial charge in [-0.2, -0.15) is 5.26 Å². The smallest absolute Gasteiger partial charge is 0.256 e. The summed E-state index contributed by atoms with van der Waals surface area (Å²) in [5.41, 5.74) is 1.45. The lowest BCUT2D eigenvalue weighted by molar-refractivity contribution is 0.868. The molecule has 0 bridgehead atoms. The van der Waals surface area contributed by atoms with Crippen molar-refractivity contribution in [3.8, 4) is 12.0 Å². The molecule has 0 fully saturated rings. The zero-order valence-corrected chi connectivity index (χ0v) is 8.65. The molecule has 0 aliphatic heterocycles. The van der Waals surface area contributed by atoms with E-state index in [1.807, 2.05) is 30.3 Å². The normalized spacial score (nSPS) is 10.3. The predicted octanol–water partition coefficient (Wildman–Crippen LogP) is 1.08. The number of nitrogens with zero attached hydrogens (tertiary/aromatic N) is 6. The standard InChI is InChI=1S/C11H6N6/c12-7-10-13-5-6-17(10)11-14-8-3-1-2-4-9(8)15-16-11/h1-6H. The summed E-state index contributed by atoms with van der Waals surface area (Å²) in [6.45, 7) is 0. The molecule has 3 rings (SSSR count). The van der Waals surface area contributed by atoms with E-state index >= 15 is 0 Å². The Morgan fingerprint density at radius 2 is 1.94 bits per heavy atom. The highest BCUT2D eigenvalue weighted by Gasteiger charge is 2.07. The van der Waals surface area contributed by atoms with Crippen LogP contribution in [-0.2, 0) is 0 Å². The Labute approximate surface area is 96.2 Å². The third-order valence-electron chi connectivity index (χ3n) is 2.31. The molecule has 0 saturated heterocycles. The largest absolute Gasteiger partial charge is 0.258 e. The van der Waals surface area contributed by atoms with Crippen LogP contribution < -0.4 is 0 Å². The predicted molar refractivity (Wildman–Crippen MR) is 59.2 cm³/mol. The van der Waals surface area contributed by atoms with Crippen LogP contribution >= 0.6 is 0 Å². The molecule has 0 radical (unpaired) electrons. The van der Waals surface area contributed by atoms with Gasteiger partial charge in [-0.3, -0.25) is 4.57 Å². The van der Waals surface area contributed by atoms with Gasteiger partial charge in [-0.25, -0.2) is 9.97 Å². The van der Waals surface area contributed by atoms with Crippen molar-refractivity contribution < 1.29 is 0 Å². The second-order valence-electron chi connectivity index (χ2n) is 3.33. The van der Waals surface area contributed by atoms with Crippen molar-refractivity contribution in [3.63, 3.8) is 0 Å². The summed E-state index contributed by atoms with van der Waals surface area (Å²) >= 11 is 0. The molecule has 0 saturated carbocycles. The zero-order valence-electron chi connectivity index (χ0n) is 8.65. The minimum atomic E-state index is 0.238. The zero-order chi connectivity index (χ0) is 11.7. The van der Waals surface area contributed by atoms with Crippen molar-refractivity contribution in [2.45, 2.75) is 0 Å². The van der Waals surface area contributed by atoms with Crippen LogP contribution in [0.5, 0.6) is 0 Å². The highest BCUT2D eigenvalue weighted by molar-refractivity contribution is 5.73. The number of aromatic nitrogens is 5. The maximum atomic E-state index is 8.87. The van der Waals surface area contributed by atoms with Crippen LogP contribution in [0.2, 0.25) is 0 Å². The summed E-state index contributed by atoms with van der Waals surface area (Å²) in [6, 6.07) is 9.39. The van der Waals surface area contributed by atoms with Gasteiger partial charge in [-0.1, -0.05) is 12.1 Å². The monoisotopic (exact) mass is 222 g/mol. The molecule has 0 N–H and O–H groups in total. The molecule has 17 heavy (non-hydrogen) atoms. The summed E-state index contributed by atoms with van der Waals surface area (Å²) in [7, 11) is 0. The first-order chi connectivity index (χ1) is 8.38. The van der Waals surface area contributed by atoms with Crippen LogP contribution in [-0.4, -0.2) is 24.7 Å². The number of hydrogen-bond acceptors (Lipinski definition) is 5. The first-order valence-corrected chi connectivity index (χ1v) is 4.92. The summed E-state index contributed by atoms with van der Waals surface area (Å²) in [6.07, 6.45) is 3.15. The Balaban J connectivity index is 2.22. The van der Waals surface area contributed by atoms with Gasteiger partial charge in [0.1, 0.15) is 11.6 Å². The van der Waals surface area contributed by atoms with Gasteiger partial charge in [-0.15, -0.1) is 10.2 Å².